The van der Waals surface area contributed by atoms with Crippen LogP contribution < -0.4 is 14.8 Å². The zero-order valence-corrected chi connectivity index (χ0v) is 24.4. The predicted octanol–water partition coefficient (Wildman–Crippen LogP) is 2.37. The van der Waals surface area contributed by atoms with Crippen molar-refractivity contribution in [2.45, 2.75) is 51.9 Å². The number of methoxy groups -OCH3 is 1. The van der Waals surface area contributed by atoms with Crippen LogP contribution in [0.4, 0.5) is 0 Å². The number of aromatic nitrogens is 1. The SMILES string of the molecule is COc1ccnc(C(=O)N[C@H]2COC(=O)C(Cc3ccccc3)[C@@H](OC(=O)C(C)C)[C@H](C)OC2=O)c1OCOCCC#N. The molecule has 3 rings (SSSR count). The summed E-state index contributed by atoms with van der Waals surface area (Å²) >= 11 is 0. The number of carbonyl (C=O) groups excluding carboxylic acids is 4. The van der Waals surface area contributed by atoms with E-state index < -0.39 is 60.5 Å². The number of nitrogens with zero attached hydrogens (tertiary/aromatic N) is 2. The van der Waals surface area contributed by atoms with E-state index in [9.17, 15) is 19.2 Å². The average molecular weight is 598 g/mol. The van der Waals surface area contributed by atoms with Gasteiger partial charge in [0.1, 0.15) is 18.6 Å². The van der Waals surface area contributed by atoms with Crippen molar-refractivity contribution in [3.05, 3.63) is 53.9 Å². The number of pyridine rings is 1. The minimum atomic E-state index is -1.43. The molecule has 1 aliphatic heterocycles. The highest BCUT2D eigenvalue weighted by atomic mass is 16.7. The van der Waals surface area contributed by atoms with Gasteiger partial charge in [-0.15, -0.1) is 0 Å². The third-order valence-corrected chi connectivity index (χ3v) is 6.42. The minimum Gasteiger partial charge on any atom is -0.493 e. The molecule has 1 unspecified atom stereocenters. The highest BCUT2D eigenvalue weighted by Gasteiger charge is 2.42. The fourth-order valence-electron chi connectivity index (χ4n) is 4.15. The van der Waals surface area contributed by atoms with Gasteiger partial charge < -0.3 is 33.7 Å². The maximum Gasteiger partial charge on any atom is 0.332 e. The van der Waals surface area contributed by atoms with Crippen molar-refractivity contribution in [2.24, 2.45) is 11.8 Å². The van der Waals surface area contributed by atoms with Gasteiger partial charge in [0.2, 0.25) is 0 Å². The molecule has 2 aromatic rings. The first-order valence-corrected chi connectivity index (χ1v) is 13.7. The summed E-state index contributed by atoms with van der Waals surface area (Å²) < 4.78 is 32.8. The first kappa shape index (κ1) is 32.8. The highest BCUT2D eigenvalue weighted by Crippen LogP contribution is 2.30. The van der Waals surface area contributed by atoms with Crippen LogP contribution in [0.15, 0.2) is 42.6 Å². The van der Waals surface area contributed by atoms with Crippen LogP contribution >= 0.6 is 0 Å². The smallest absolute Gasteiger partial charge is 0.332 e. The third kappa shape index (κ3) is 9.14. The quantitative estimate of drug-likeness (QED) is 0.164. The van der Waals surface area contributed by atoms with Crippen LogP contribution in [0.5, 0.6) is 11.5 Å². The van der Waals surface area contributed by atoms with Gasteiger partial charge in [0.25, 0.3) is 5.91 Å². The molecule has 1 fully saturated rings. The zero-order valence-electron chi connectivity index (χ0n) is 24.4. The summed E-state index contributed by atoms with van der Waals surface area (Å²) in [5, 5.41) is 11.1. The Morgan fingerprint density at radius 3 is 2.58 bits per heavy atom. The van der Waals surface area contributed by atoms with Crippen molar-refractivity contribution in [3.63, 3.8) is 0 Å². The van der Waals surface area contributed by atoms with E-state index in [1.54, 1.807) is 13.8 Å². The summed E-state index contributed by atoms with van der Waals surface area (Å²) in [6.45, 7) is 4.05. The van der Waals surface area contributed by atoms with E-state index in [0.29, 0.717) is 0 Å². The Balaban J connectivity index is 1.84. The average Bonchev–Trinajstić information content (AvgIpc) is 3.03. The summed E-state index contributed by atoms with van der Waals surface area (Å²) in [4.78, 5) is 56.6. The normalized spacial score (nSPS) is 20.4. The fraction of sp³-hybridized carbons (Fsp3) is 0.467. The van der Waals surface area contributed by atoms with Crippen molar-refractivity contribution < 1.29 is 47.6 Å². The van der Waals surface area contributed by atoms with Gasteiger partial charge in [-0.2, -0.15) is 5.26 Å². The van der Waals surface area contributed by atoms with E-state index >= 15 is 0 Å². The molecule has 0 radical (unpaired) electrons. The van der Waals surface area contributed by atoms with Gasteiger partial charge in [-0.05, 0) is 18.9 Å². The number of esters is 3. The van der Waals surface area contributed by atoms with Gasteiger partial charge in [0.05, 0.1) is 32.1 Å². The molecule has 4 atom stereocenters. The summed E-state index contributed by atoms with van der Waals surface area (Å²) in [6, 6.07) is 11.0. The van der Waals surface area contributed by atoms with Crippen LogP contribution in [-0.2, 0) is 39.8 Å². The summed E-state index contributed by atoms with van der Waals surface area (Å²) in [6.07, 6.45) is -0.608. The molecule has 0 aliphatic carbocycles. The fourth-order valence-corrected chi connectivity index (χ4v) is 4.15. The predicted molar refractivity (Wildman–Crippen MR) is 149 cm³/mol. The van der Waals surface area contributed by atoms with E-state index in [-0.39, 0.29) is 43.4 Å². The maximum atomic E-state index is 13.4. The molecule has 13 heteroatoms. The van der Waals surface area contributed by atoms with Gasteiger partial charge in [-0.25, -0.2) is 9.78 Å². The Bertz CT molecular complexity index is 1310. The lowest BCUT2D eigenvalue weighted by Crippen LogP contribution is -2.47. The zero-order chi connectivity index (χ0) is 31.4. The lowest BCUT2D eigenvalue weighted by molar-refractivity contribution is -0.176. The van der Waals surface area contributed by atoms with Gasteiger partial charge in [-0.3, -0.25) is 14.4 Å². The summed E-state index contributed by atoms with van der Waals surface area (Å²) in [5.41, 5.74) is 0.548. The van der Waals surface area contributed by atoms with Crippen LogP contribution in [0.2, 0.25) is 0 Å². The number of nitrogens with one attached hydrogen (secondary N) is 1. The van der Waals surface area contributed by atoms with Gasteiger partial charge >= 0.3 is 17.9 Å². The van der Waals surface area contributed by atoms with Crippen molar-refractivity contribution in [1.82, 2.24) is 10.3 Å². The lowest BCUT2D eigenvalue weighted by Gasteiger charge is -2.29. The van der Waals surface area contributed by atoms with E-state index in [1.807, 2.05) is 36.4 Å². The lowest BCUT2D eigenvalue weighted by atomic mass is 9.91. The molecule has 1 aromatic heterocycles. The minimum absolute atomic E-state index is 0.0650. The van der Waals surface area contributed by atoms with Gasteiger partial charge in [0, 0.05) is 12.3 Å². The van der Waals surface area contributed by atoms with E-state index in [0.717, 1.165) is 5.56 Å². The Hall–Kier alpha value is -4.70. The number of carbonyl (C=O) groups is 4. The summed E-state index contributed by atoms with van der Waals surface area (Å²) in [5.74, 6) is -4.46. The highest BCUT2D eigenvalue weighted by molar-refractivity contribution is 5.98. The van der Waals surface area contributed by atoms with Crippen LogP contribution in [0.25, 0.3) is 0 Å². The molecule has 2 heterocycles. The van der Waals surface area contributed by atoms with Crippen molar-refractivity contribution in [1.29, 1.82) is 5.26 Å². The first-order valence-electron chi connectivity index (χ1n) is 13.7. The second-order valence-electron chi connectivity index (χ2n) is 9.92. The molecular formula is C30H35N3O10. The topological polar surface area (TPSA) is 172 Å². The van der Waals surface area contributed by atoms with E-state index in [1.165, 1.54) is 26.3 Å². The molecule has 1 aliphatic rings. The molecule has 1 saturated heterocycles. The Labute approximate surface area is 249 Å². The molecule has 1 N–H and O–H groups in total. The molecule has 0 saturated carbocycles. The van der Waals surface area contributed by atoms with Crippen LogP contribution in [0.1, 0.15) is 43.2 Å². The monoisotopic (exact) mass is 597 g/mol. The second-order valence-corrected chi connectivity index (χ2v) is 9.92. The molecule has 1 amide bonds. The molecular weight excluding hydrogens is 562 g/mol. The van der Waals surface area contributed by atoms with Crippen molar-refractivity contribution >= 4 is 23.8 Å². The van der Waals surface area contributed by atoms with Crippen LogP contribution in [-0.4, -0.2) is 74.2 Å². The van der Waals surface area contributed by atoms with Crippen molar-refractivity contribution in [3.8, 4) is 17.6 Å². The molecule has 230 valence electrons. The third-order valence-electron chi connectivity index (χ3n) is 6.42. The number of hydrogen-bond acceptors (Lipinski definition) is 12. The maximum absolute atomic E-state index is 13.4. The van der Waals surface area contributed by atoms with Crippen molar-refractivity contribution in [2.75, 3.05) is 27.1 Å². The van der Waals surface area contributed by atoms with E-state index in [4.69, 9.17) is 33.7 Å². The van der Waals surface area contributed by atoms with Crippen LogP contribution in [0.3, 0.4) is 0 Å². The van der Waals surface area contributed by atoms with Crippen LogP contribution in [0, 0.1) is 23.2 Å². The molecule has 0 spiro atoms. The number of ether oxygens (including phenoxy) is 6. The molecule has 0 bridgehead atoms. The second kappa shape index (κ2) is 16.1. The Kier molecular flexibility index (Phi) is 12.3. The number of amides is 1. The number of rotatable bonds is 12. The molecule has 43 heavy (non-hydrogen) atoms. The van der Waals surface area contributed by atoms with Gasteiger partial charge in [-0.1, -0.05) is 44.2 Å². The standard InChI is InChI=1S/C30H35N3O10/c1-18(2)28(35)43-25-19(3)42-30(37)22(16-40-29(36)21(25)15-20-9-6-5-7-10-20)33-27(34)24-26(23(38-4)11-13-32-24)41-17-39-14-8-12-31/h5-7,9-11,13,18-19,21-22,25H,8,14-17H2,1-4H3,(H,33,34)/t19-,21?,22-,25-/m0/s1. The molecule has 13 nitrogen and oxygen atoms in total. The molecule has 1 aromatic carbocycles. The number of nitriles is 1. The van der Waals surface area contributed by atoms with Gasteiger partial charge in [0.15, 0.2) is 36.1 Å². The Morgan fingerprint density at radius 1 is 1.16 bits per heavy atom. The number of benzene rings is 1. The summed E-state index contributed by atoms with van der Waals surface area (Å²) in [7, 11) is 1.37. The largest absolute Gasteiger partial charge is 0.493 e. The van der Waals surface area contributed by atoms with E-state index in [2.05, 4.69) is 10.3 Å². The number of cyclic esters (lactones) is 2. The first-order chi connectivity index (χ1) is 20.7. The Morgan fingerprint density at radius 2 is 1.91 bits per heavy atom. The number of hydrogen-bond donors (Lipinski definition) is 1.